The van der Waals surface area contributed by atoms with Crippen molar-refractivity contribution in [3.8, 4) is 0 Å². The Bertz CT molecular complexity index is 137. The zero-order chi connectivity index (χ0) is 8.15. The minimum absolute atomic E-state index is 0.276. The van der Waals surface area contributed by atoms with E-state index >= 15 is 0 Å². The molecule has 0 aliphatic carbocycles. The number of nitroso groups, excluding NO2 is 1. The Kier molecular flexibility index (Phi) is 3.38. The fraction of sp³-hybridized carbons (Fsp3) is 0.800. The number of carboxylic acids is 1. The van der Waals surface area contributed by atoms with Gasteiger partial charge in [0.25, 0.3) is 0 Å². The van der Waals surface area contributed by atoms with E-state index in [0.717, 1.165) is 5.01 Å². The molecule has 0 aliphatic heterocycles. The van der Waals surface area contributed by atoms with E-state index in [4.69, 9.17) is 0 Å². The van der Waals surface area contributed by atoms with Gasteiger partial charge in [0.05, 0.1) is 17.3 Å². The molecule has 0 aliphatic rings. The maximum absolute atomic E-state index is 10.1. The fourth-order valence-corrected chi connectivity index (χ4v) is 0.524. The maximum Gasteiger partial charge on any atom is 0.0867 e. The average Bonchev–Trinajstić information content (AvgIpc) is 1.90. The van der Waals surface area contributed by atoms with Crippen molar-refractivity contribution in [1.82, 2.24) is 5.01 Å². The second kappa shape index (κ2) is 3.81. The van der Waals surface area contributed by atoms with Crippen molar-refractivity contribution < 1.29 is 9.90 Å². The van der Waals surface area contributed by atoms with Crippen LogP contribution in [0.4, 0.5) is 0 Å². The molecule has 5 heteroatoms. The minimum atomic E-state index is -1.29. The monoisotopic (exact) mass is 145 g/mol. The number of carbonyl (C=O) groups excluding carboxylic acids is 1. The standard InChI is InChI=1S/C5H10N2O3/c1-3-7(6-10)4(2)5(8)9/h4H,3H2,1-2H3,(H,8,9)/p-1. The summed E-state index contributed by atoms with van der Waals surface area (Å²) in [4.78, 5) is 20.0. The van der Waals surface area contributed by atoms with Crippen molar-refractivity contribution in [2.24, 2.45) is 5.29 Å². The molecule has 0 spiro atoms. The van der Waals surface area contributed by atoms with Crippen LogP contribution in [0.2, 0.25) is 0 Å². The average molecular weight is 145 g/mol. The van der Waals surface area contributed by atoms with E-state index in [9.17, 15) is 14.8 Å². The molecular weight excluding hydrogens is 136 g/mol. The lowest BCUT2D eigenvalue weighted by atomic mass is 10.3. The Balaban J connectivity index is 4.00. The molecule has 0 bridgehead atoms. The highest BCUT2D eigenvalue weighted by molar-refractivity contribution is 5.70. The molecule has 0 heterocycles. The highest BCUT2D eigenvalue weighted by Crippen LogP contribution is 1.96. The van der Waals surface area contributed by atoms with Gasteiger partial charge in [-0.3, -0.25) is 5.01 Å². The zero-order valence-electron chi connectivity index (χ0n) is 5.90. The summed E-state index contributed by atoms with van der Waals surface area (Å²) in [6, 6.07) is -0.942. The van der Waals surface area contributed by atoms with Gasteiger partial charge < -0.3 is 9.90 Å². The van der Waals surface area contributed by atoms with E-state index < -0.39 is 12.0 Å². The first kappa shape index (κ1) is 8.87. The molecule has 0 radical (unpaired) electrons. The third kappa shape index (κ3) is 2.00. The molecule has 58 valence electrons. The molecule has 5 nitrogen and oxygen atoms in total. The van der Waals surface area contributed by atoms with E-state index in [2.05, 4.69) is 5.29 Å². The van der Waals surface area contributed by atoms with Crippen LogP contribution < -0.4 is 5.11 Å². The fourth-order valence-electron chi connectivity index (χ4n) is 0.524. The number of carboxylic acid groups (broad SMARTS) is 1. The summed E-state index contributed by atoms with van der Waals surface area (Å²) in [5, 5.41) is 13.5. The van der Waals surface area contributed by atoms with Gasteiger partial charge in [0, 0.05) is 6.54 Å². The Morgan fingerprint density at radius 3 is 2.40 bits per heavy atom. The summed E-state index contributed by atoms with van der Waals surface area (Å²) in [5.41, 5.74) is 0. The Morgan fingerprint density at radius 2 is 2.30 bits per heavy atom. The van der Waals surface area contributed by atoms with Crippen molar-refractivity contribution in [2.45, 2.75) is 19.9 Å². The molecule has 0 fully saturated rings. The Hall–Kier alpha value is -1.13. The van der Waals surface area contributed by atoms with Gasteiger partial charge in [0.15, 0.2) is 0 Å². The van der Waals surface area contributed by atoms with Crippen LogP contribution in [-0.4, -0.2) is 23.6 Å². The lowest BCUT2D eigenvalue weighted by Gasteiger charge is -2.21. The molecule has 0 aromatic carbocycles. The zero-order valence-corrected chi connectivity index (χ0v) is 5.90. The highest BCUT2D eigenvalue weighted by atomic mass is 16.4. The molecule has 0 rings (SSSR count). The van der Waals surface area contributed by atoms with Crippen LogP contribution in [0.1, 0.15) is 13.8 Å². The third-order valence-electron chi connectivity index (χ3n) is 1.22. The van der Waals surface area contributed by atoms with Crippen molar-refractivity contribution in [3.05, 3.63) is 4.91 Å². The van der Waals surface area contributed by atoms with Crippen molar-refractivity contribution in [2.75, 3.05) is 6.54 Å². The van der Waals surface area contributed by atoms with Gasteiger partial charge in [-0.1, -0.05) is 0 Å². The molecule has 0 aromatic heterocycles. The Morgan fingerprint density at radius 1 is 1.80 bits per heavy atom. The second-order valence-electron chi connectivity index (χ2n) is 1.83. The van der Waals surface area contributed by atoms with Crippen molar-refractivity contribution in [1.29, 1.82) is 0 Å². The summed E-state index contributed by atoms with van der Waals surface area (Å²) in [7, 11) is 0. The lowest BCUT2D eigenvalue weighted by molar-refractivity contribution is -0.311. The van der Waals surface area contributed by atoms with Crippen LogP contribution in [0.25, 0.3) is 0 Å². The molecule has 1 unspecified atom stereocenters. The van der Waals surface area contributed by atoms with Gasteiger partial charge in [-0.2, -0.15) is 0 Å². The van der Waals surface area contributed by atoms with Crippen LogP contribution >= 0.6 is 0 Å². The first-order chi connectivity index (χ1) is 4.63. The normalized spacial score (nSPS) is 12.2. The van der Waals surface area contributed by atoms with E-state index in [-0.39, 0.29) is 6.54 Å². The molecule has 0 saturated carbocycles. The van der Waals surface area contributed by atoms with Gasteiger partial charge in [-0.05, 0) is 13.8 Å². The molecule has 1 atom stereocenters. The topological polar surface area (TPSA) is 72.8 Å². The smallest absolute Gasteiger partial charge is 0.0867 e. The first-order valence-electron chi connectivity index (χ1n) is 2.94. The molecule has 0 saturated heterocycles. The summed E-state index contributed by atoms with van der Waals surface area (Å²) < 4.78 is 0. The van der Waals surface area contributed by atoms with Gasteiger partial charge >= 0.3 is 0 Å². The summed E-state index contributed by atoms with van der Waals surface area (Å²) >= 11 is 0. The summed E-state index contributed by atoms with van der Waals surface area (Å²) in [6.45, 7) is 3.26. The maximum atomic E-state index is 10.1. The second-order valence-corrected chi connectivity index (χ2v) is 1.83. The summed E-state index contributed by atoms with van der Waals surface area (Å²) in [5.74, 6) is -1.29. The lowest BCUT2D eigenvalue weighted by Crippen LogP contribution is -2.43. The predicted octanol–water partition coefficient (Wildman–Crippen LogP) is -0.872. The van der Waals surface area contributed by atoms with E-state index in [1.54, 1.807) is 6.92 Å². The van der Waals surface area contributed by atoms with E-state index in [0.29, 0.717) is 0 Å². The first-order valence-corrected chi connectivity index (χ1v) is 2.94. The number of likely N-dealkylation sites (N-methyl/N-ethyl adjacent to an activating group) is 1. The van der Waals surface area contributed by atoms with Crippen LogP contribution in [-0.2, 0) is 4.79 Å². The highest BCUT2D eigenvalue weighted by Gasteiger charge is 2.10. The van der Waals surface area contributed by atoms with Gasteiger partial charge in [-0.25, -0.2) is 0 Å². The largest absolute Gasteiger partial charge is 0.548 e. The van der Waals surface area contributed by atoms with Crippen LogP contribution in [0.15, 0.2) is 5.29 Å². The third-order valence-corrected chi connectivity index (χ3v) is 1.22. The number of nitrogens with zero attached hydrogens (tertiary/aromatic N) is 2. The van der Waals surface area contributed by atoms with Gasteiger partial charge in [-0.15, -0.1) is 4.91 Å². The van der Waals surface area contributed by atoms with E-state index in [1.165, 1.54) is 6.92 Å². The van der Waals surface area contributed by atoms with Gasteiger partial charge in [0.2, 0.25) is 0 Å². The van der Waals surface area contributed by atoms with Crippen LogP contribution in [0.5, 0.6) is 0 Å². The van der Waals surface area contributed by atoms with Gasteiger partial charge in [0.1, 0.15) is 0 Å². The van der Waals surface area contributed by atoms with Crippen LogP contribution in [0.3, 0.4) is 0 Å². The molecule has 0 aromatic rings. The molecular formula is C5H9N2O3-. The van der Waals surface area contributed by atoms with Crippen molar-refractivity contribution in [3.63, 3.8) is 0 Å². The quantitative estimate of drug-likeness (QED) is 0.380. The SMILES string of the molecule is CCN(N=O)C(C)C(=O)[O-]. The molecule has 0 N–H and O–H groups in total. The minimum Gasteiger partial charge on any atom is -0.548 e. The number of hydrogen-bond donors (Lipinski definition) is 0. The molecule has 10 heavy (non-hydrogen) atoms. The molecule has 0 amide bonds. The van der Waals surface area contributed by atoms with E-state index in [1.807, 2.05) is 0 Å². The number of carbonyl (C=O) groups is 1. The number of aliphatic carboxylic acids is 1. The predicted molar refractivity (Wildman–Crippen MR) is 32.6 cm³/mol. The Labute approximate surface area is 58.6 Å². The summed E-state index contributed by atoms with van der Waals surface area (Å²) in [6.07, 6.45) is 0. The number of rotatable bonds is 4. The van der Waals surface area contributed by atoms with Crippen molar-refractivity contribution >= 4 is 5.97 Å². The number of hydrogen-bond acceptors (Lipinski definition) is 4. The van der Waals surface area contributed by atoms with Crippen LogP contribution in [0, 0.1) is 4.91 Å².